The van der Waals surface area contributed by atoms with Gasteiger partial charge in [-0.05, 0) is 94.0 Å². The van der Waals surface area contributed by atoms with Gasteiger partial charge in [0.2, 0.25) is 5.91 Å². The summed E-state index contributed by atoms with van der Waals surface area (Å²) < 4.78 is 7.15. The van der Waals surface area contributed by atoms with Crippen LogP contribution in [0.15, 0.2) is 35.3 Å². The van der Waals surface area contributed by atoms with Crippen LogP contribution in [0.3, 0.4) is 0 Å². The number of aliphatic hydroxyl groups is 1. The average Bonchev–Trinajstić information content (AvgIpc) is 3.75. The summed E-state index contributed by atoms with van der Waals surface area (Å²) in [5.41, 5.74) is 1.80. The SMILES string of the molecule is Cn1ccc(C2CCN(C(=O)OC(C)(C)C)CC2C(=O)N(Cc2cc(CCCCO)cc(Cl)c2Cl)C2CC2)cc1=O. The van der Waals surface area contributed by atoms with Gasteiger partial charge in [-0.25, -0.2) is 4.79 Å². The number of unbranched alkanes of at least 4 members (excludes halogenated alkanes) is 1. The molecule has 2 atom stereocenters. The second-order valence-electron chi connectivity index (χ2n) is 12.3. The lowest BCUT2D eigenvalue weighted by atomic mass is 9.79. The first-order valence-electron chi connectivity index (χ1n) is 14.4. The monoisotopic (exact) mass is 605 g/mol. The predicted octanol–water partition coefficient (Wildman–Crippen LogP) is 5.54. The molecule has 2 amide bonds. The van der Waals surface area contributed by atoms with Gasteiger partial charge in [0, 0.05) is 51.6 Å². The molecule has 41 heavy (non-hydrogen) atoms. The number of carbonyl (C=O) groups excluding carboxylic acids is 2. The van der Waals surface area contributed by atoms with E-state index in [0.717, 1.165) is 42.4 Å². The molecular weight excluding hydrogens is 565 g/mol. The molecule has 1 aromatic carbocycles. The minimum absolute atomic E-state index is 0.0655. The Kier molecular flexibility index (Phi) is 10.1. The van der Waals surface area contributed by atoms with E-state index in [0.29, 0.717) is 36.0 Å². The molecule has 1 saturated carbocycles. The number of pyridine rings is 1. The molecule has 224 valence electrons. The molecule has 1 aliphatic carbocycles. The average molecular weight is 607 g/mol. The van der Waals surface area contributed by atoms with Crippen molar-refractivity contribution in [2.24, 2.45) is 13.0 Å². The normalized spacial score (nSPS) is 19.2. The van der Waals surface area contributed by atoms with Gasteiger partial charge in [0.15, 0.2) is 0 Å². The topological polar surface area (TPSA) is 92.1 Å². The van der Waals surface area contributed by atoms with Gasteiger partial charge in [0.05, 0.1) is 16.0 Å². The second kappa shape index (κ2) is 13.2. The molecule has 1 aromatic heterocycles. The number of aliphatic hydroxyl groups excluding tert-OH is 1. The minimum atomic E-state index is -0.655. The maximum atomic E-state index is 14.4. The van der Waals surface area contributed by atoms with Crippen molar-refractivity contribution >= 4 is 35.2 Å². The first kappa shape index (κ1) is 31.4. The summed E-state index contributed by atoms with van der Waals surface area (Å²) >= 11 is 13.2. The zero-order valence-corrected chi connectivity index (χ0v) is 25.9. The second-order valence-corrected chi connectivity index (χ2v) is 13.1. The van der Waals surface area contributed by atoms with E-state index in [1.54, 1.807) is 24.2 Å². The lowest BCUT2D eigenvalue weighted by molar-refractivity contribution is -0.139. The standard InChI is InChI=1S/C31H41Cl2N3O5/c1-31(2,3)41-30(40)35-13-11-24(21-10-12-34(4)27(38)17-21)25(19-35)29(39)36(23-8-9-23)18-22-15-20(7-5-6-14-37)16-26(32)28(22)33/h10,12,15-17,23-25,37H,5-9,11,13-14,18-19H2,1-4H3. The number of amides is 2. The van der Waals surface area contributed by atoms with E-state index in [4.69, 9.17) is 33.0 Å². The van der Waals surface area contributed by atoms with Gasteiger partial charge in [0.1, 0.15) is 5.60 Å². The summed E-state index contributed by atoms with van der Waals surface area (Å²) in [6.45, 7) is 6.54. The first-order valence-corrected chi connectivity index (χ1v) is 15.2. The van der Waals surface area contributed by atoms with E-state index in [9.17, 15) is 14.4 Å². The van der Waals surface area contributed by atoms with Gasteiger partial charge in [-0.15, -0.1) is 0 Å². The fraction of sp³-hybridized carbons (Fsp3) is 0.581. The molecule has 0 spiro atoms. The number of hydrogen-bond acceptors (Lipinski definition) is 5. The maximum absolute atomic E-state index is 14.4. The minimum Gasteiger partial charge on any atom is -0.444 e. The third kappa shape index (κ3) is 8.05. The van der Waals surface area contributed by atoms with Crippen LogP contribution in [0.1, 0.15) is 75.5 Å². The summed E-state index contributed by atoms with van der Waals surface area (Å²) in [4.78, 5) is 43.5. The molecule has 2 aliphatic rings. The predicted molar refractivity (Wildman–Crippen MR) is 160 cm³/mol. The van der Waals surface area contributed by atoms with Crippen LogP contribution in [0.2, 0.25) is 10.0 Å². The van der Waals surface area contributed by atoms with Crippen molar-refractivity contribution < 1.29 is 19.4 Å². The van der Waals surface area contributed by atoms with Crippen molar-refractivity contribution in [2.45, 2.75) is 83.4 Å². The molecule has 8 nitrogen and oxygen atoms in total. The highest BCUT2D eigenvalue weighted by Gasteiger charge is 2.43. The van der Waals surface area contributed by atoms with Crippen molar-refractivity contribution in [3.8, 4) is 0 Å². The highest BCUT2D eigenvalue weighted by molar-refractivity contribution is 6.42. The van der Waals surface area contributed by atoms with Gasteiger partial charge in [0.25, 0.3) is 5.56 Å². The fourth-order valence-corrected chi connectivity index (χ4v) is 5.90. The molecule has 10 heteroatoms. The van der Waals surface area contributed by atoms with Gasteiger partial charge in [-0.2, -0.15) is 0 Å². The lowest BCUT2D eigenvalue weighted by Gasteiger charge is -2.40. The Morgan fingerprint density at radius 1 is 1.12 bits per heavy atom. The van der Waals surface area contributed by atoms with Crippen molar-refractivity contribution in [1.82, 2.24) is 14.4 Å². The Hall–Kier alpha value is -2.55. The van der Waals surface area contributed by atoms with E-state index >= 15 is 0 Å². The summed E-state index contributed by atoms with van der Waals surface area (Å²) in [6.07, 6.45) is 5.87. The molecule has 1 aliphatic heterocycles. The largest absolute Gasteiger partial charge is 0.444 e. The number of carbonyl (C=O) groups is 2. The molecule has 2 fully saturated rings. The zero-order chi connectivity index (χ0) is 29.9. The number of benzene rings is 1. The van der Waals surface area contributed by atoms with E-state index < -0.39 is 17.6 Å². The van der Waals surface area contributed by atoms with Crippen LogP contribution in [0, 0.1) is 5.92 Å². The first-order chi connectivity index (χ1) is 19.4. The third-order valence-corrected chi connectivity index (χ3v) is 8.63. The number of aromatic nitrogens is 1. The molecule has 0 radical (unpaired) electrons. The Morgan fingerprint density at radius 2 is 1.85 bits per heavy atom. The van der Waals surface area contributed by atoms with Gasteiger partial charge < -0.3 is 24.2 Å². The summed E-state index contributed by atoms with van der Waals surface area (Å²) in [7, 11) is 1.70. The van der Waals surface area contributed by atoms with Crippen LogP contribution in [-0.2, 0) is 29.5 Å². The summed E-state index contributed by atoms with van der Waals surface area (Å²) in [6, 6.07) is 7.42. The molecule has 1 N–H and O–H groups in total. The number of rotatable bonds is 9. The van der Waals surface area contributed by atoms with Crippen molar-refractivity contribution in [1.29, 1.82) is 0 Å². The highest BCUT2D eigenvalue weighted by Crippen LogP contribution is 2.39. The highest BCUT2D eigenvalue weighted by atomic mass is 35.5. The van der Waals surface area contributed by atoms with Crippen molar-refractivity contribution in [2.75, 3.05) is 19.7 Å². The number of halogens is 2. The van der Waals surface area contributed by atoms with E-state index in [2.05, 4.69) is 0 Å². The van der Waals surface area contributed by atoms with E-state index in [-0.39, 0.29) is 36.6 Å². The van der Waals surface area contributed by atoms with E-state index in [1.165, 1.54) is 4.57 Å². The molecule has 1 saturated heterocycles. The van der Waals surface area contributed by atoms with Crippen LogP contribution in [0.4, 0.5) is 4.79 Å². The van der Waals surface area contributed by atoms with Crippen LogP contribution in [0.5, 0.6) is 0 Å². The van der Waals surface area contributed by atoms with Crippen LogP contribution >= 0.6 is 23.2 Å². The Labute approximate surface area is 252 Å². The van der Waals surface area contributed by atoms with Gasteiger partial charge in [-0.3, -0.25) is 9.59 Å². The number of likely N-dealkylation sites (tertiary alicyclic amines) is 1. The summed E-state index contributed by atoms with van der Waals surface area (Å²) in [5.74, 6) is -0.838. The Morgan fingerprint density at radius 3 is 2.49 bits per heavy atom. The number of hydrogen-bond donors (Lipinski definition) is 1. The zero-order valence-electron chi connectivity index (χ0n) is 24.4. The van der Waals surface area contributed by atoms with Gasteiger partial charge in [-0.1, -0.05) is 29.3 Å². The van der Waals surface area contributed by atoms with Gasteiger partial charge >= 0.3 is 6.09 Å². The number of nitrogens with zero attached hydrogens (tertiary/aromatic N) is 3. The van der Waals surface area contributed by atoms with Crippen LogP contribution < -0.4 is 5.56 Å². The quantitative estimate of drug-likeness (QED) is 0.379. The molecule has 0 bridgehead atoms. The molecule has 2 aromatic rings. The lowest BCUT2D eigenvalue weighted by Crippen LogP contribution is -2.51. The molecule has 2 unspecified atom stereocenters. The molecule has 4 rings (SSSR count). The van der Waals surface area contributed by atoms with E-state index in [1.807, 2.05) is 43.9 Å². The third-order valence-electron chi connectivity index (χ3n) is 7.79. The van der Waals surface area contributed by atoms with Crippen LogP contribution in [0.25, 0.3) is 0 Å². The van der Waals surface area contributed by atoms with Crippen molar-refractivity contribution in [3.63, 3.8) is 0 Å². The fourth-order valence-electron chi connectivity index (χ4n) is 5.47. The van der Waals surface area contributed by atoms with Crippen LogP contribution in [-0.4, -0.2) is 62.8 Å². The number of aryl methyl sites for hydroxylation is 2. The number of ether oxygens (including phenoxy) is 1. The smallest absolute Gasteiger partial charge is 0.410 e. The Bertz CT molecular complexity index is 1320. The molecule has 2 heterocycles. The molecular formula is C31H41Cl2N3O5. The van der Waals surface area contributed by atoms with Crippen molar-refractivity contribution in [3.05, 3.63) is 67.6 Å². The maximum Gasteiger partial charge on any atom is 0.410 e. The Balaban J connectivity index is 1.64. The number of piperidine rings is 1. The summed E-state index contributed by atoms with van der Waals surface area (Å²) in [5, 5.41) is 10.0.